The van der Waals surface area contributed by atoms with Crippen molar-refractivity contribution < 1.29 is 33.7 Å². The summed E-state index contributed by atoms with van der Waals surface area (Å²) in [4.78, 5) is 32.1. The van der Waals surface area contributed by atoms with Crippen molar-refractivity contribution in [3.63, 3.8) is 0 Å². The van der Waals surface area contributed by atoms with Gasteiger partial charge in [-0.2, -0.15) is 0 Å². The predicted octanol–water partition coefficient (Wildman–Crippen LogP) is 0.120. The van der Waals surface area contributed by atoms with Crippen LogP contribution in [0.5, 0.6) is 0 Å². The first-order valence-corrected chi connectivity index (χ1v) is 6.99. The highest BCUT2D eigenvalue weighted by atomic mass is 16.6. The Bertz CT molecular complexity index is 357. The number of carboxylic acid groups (broad SMARTS) is 1. The Morgan fingerprint density at radius 1 is 1.00 bits per heavy atom. The van der Waals surface area contributed by atoms with Crippen LogP contribution in [0, 0.1) is 0 Å². The molecule has 126 valence electrons. The Labute approximate surface area is 129 Å². The Hall–Kier alpha value is -1.93. The average molecular weight is 317 g/mol. The molecule has 8 nitrogen and oxygen atoms in total. The van der Waals surface area contributed by atoms with Gasteiger partial charge in [-0.15, -0.1) is 0 Å². The number of hydrogen-bond donors (Lipinski definition) is 2. The Balaban J connectivity index is 3.20. The third-order valence-corrected chi connectivity index (χ3v) is 2.36. The van der Waals surface area contributed by atoms with Gasteiger partial charge in [0.25, 0.3) is 0 Å². The highest BCUT2D eigenvalue weighted by molar-refractivity contribution is 5.81. The number of nitrogens with one attached hydrogen (secondary N) is 1. The van der Waals surface area contributed by atoms with E-state index in [0.717, 1.165) is 6.08 Å². The summed E-state index contributed by atoms with van der Waals surface area (Å²) in [6.45, 7) is 5.43. The van der Waals surface area contributed by atoms with E-state index in [0.29, 0.717) is 39.4 Å². The topological polar surface area (TPSA) is 111 Å². The van der Waals surface area contributed by atoms with Gasteiger partial charge in [0.15, 0.2) is 0 Å². The number of amides is 1. The number of aliphatic carboxylic acids is 1. The molecule has 8 heteroatoms. The number of rotatable bonds is 14. The van der Waals surface area contributed by atoms with Crippen molar-refractivity contribution in [1.82, 2.24) is 5.32 Å². The van der Waals surface area contributed by atoms with E-state index in [2.05, 4.69) is 11.9 Å². The van der Waals surface area contributed by atoms with Gasteiger partial charge in [-0.05, 0) is 6.42 Å². The zero-order valence-corrected chi connectivity index (χ0v) is 12.5. The summed E-state index contributed by atoms with van der Waals surface area (Å²) in [7, 11) is 0. The van der Waals surface area contributed by atoms with Gasteiger partial charge in [0, 0.05) is 25.6 Å². The molecule has 0 saturated carbocycles. The molecule has 1 amide bonds. The van der Waals surface area contributed by atoms with Crippen LogP contribution in [0.25, 0.3) is 0 Å². The van der Waals surface area contributed by atoms with Crippen molar-refractivity contribution in [3.05, 3.63) is 12.7 Å². The molecular weight excluding hydrogens is 294 g/mol. The average Bonchev–Trinajstić information content (AvgIpc) is 2.50. The third kappa shape index (κ3) is 14.5. The molecule has 0 unspecified atom stereocenters. The molecule has 0 heterocycles. The molecule has 22 heavy (non-hydrogen) atoms. The zero-order chi connectivity index (χ0) is 16.6. The van der Waals surface area contributed by atoms with Crippen molar-refractivity contribution in [2.45, 2.75) is 19.3 Å². The van der Waals surface area contributed by atoms with E-state index in [1.165, 1.54) is 0 Å². The minimum atomic E-state index is -0.988. The van der Waals surface area contributed by atoms with Crippen LogP contribution in [0.2, 0.25) is 0 Å². The zero-order valence-electron chi connectivity index (χ0n) is 12.5. The second-order valence-corrected chi connectivity index (χ2v) is 4.19. The van der Waals surface area contributed by atoms with Gasteiger partial charge in [0.1, 0.15) is 6.61 Å². The largest absolute Gasteiger partial charge is 0.481 e. The lowest BCUT2D eigenvalue weighted by molar-refractivity contribution is -0.139. The number of hydrogen-bond acceptors (Lipinski definition) is 6. The van der Waals surface area contributed by atoms with E-state index >= 15 is 0 Å². The lowest BCUT2D eigenvalue weighted by atomic mass is 10.3. The van der Waals surface area contributed by atoms with E-state index in [1.54, 1.807) is 0 Å². The molecule has 0 atom stereocenters. The molecule has 0 saturated heterocycles. The van der Waals surface area contributed by atoms with Crippen LogP contribution < -0.4 is 5.32 Å². The van der Waals surface area contributed by atoms with Gasteiger partial charge in [-0.25, -0.2) is 4.79 Å². The number of esters is 1. The molecule has 0 aromatic heterocycles. The van der Waals surface area contributed by atoms with E-state index in [-0.39, 0.29) is 25.4 Å². The lowest BCUT2D eigenvalue weighted by Gasteiger charge is -2.07. The molecule has 2 N–H and O–H groups in total. The molecule has 0 bridgehead atoms. The Morgan fingerprint density at radius 3 is 2.27 bits per heavy atom. The van der Waals surface area contributed by atoms with Crippen molar-refractivity contribution >= 4 is 17.8 Å². The maximum Gasteiger partial charge on any atom is 0.330 e. The Morgan fingerprint density at radius 2 is 1.64 bits per heavy atom. The van der Waals surface area contributed by atoms with E-state index in [4.69, 9.17) is 19.3 Å². The van der Waals surface area contributed by atoms with Gasteiger partial charge < -0.3 is 24.6 Å². The Kier molecular flexibility index (Phi) is 12.8. The summed E-state index contributed by atoms with van der Waals surface area (Å²) in [5, 5.41) is 11.0. The number of ether oxygens (including phenoxy) is 3. The van der Waals surface area contributed by atoms with Gasteiger partial charge in [-0.1, -0.05) is 6.58 Å². The highest BCUT2D eigenvalue weighted by Gasteiger charge is 2.04. The minimum Gasteiger partial charge on any atom is -0.481 e. The number of carbonyl (C=O) groups excluding carboxylic acids is 2. The molecular formula is C14H23NO7. The first kappa shape index (κ1) is 20.1. The van der Waals surface area contributed by atoms with Crippen LogP contribution in [0.3, 0.4) is 0 Å². The van der Waals surface area contributed by atoms with E-state index in [1.807, 2.05) is 0 Å². The van der Waals surface area contributed by atoms with Crippen LogP contribution >= 0.6 is 0 Å². The molecule has 0 spiro atoms. The van der Waals surface area contributed by atoms with Crippen LogP contribution in [-0.2, 0) is 28.6 Å². The van der Waals surface area contributed by atoms with Crippen molar-refractivity contribution in [2.75, 3.05) is 39.6 Å². The molecule has 0 aromatic carbocycles. The van der Waals surface area contributed by atoms with Gasteiger partial charge in [0.05, 0.1) is 26.2 Å². The quantitative estimate of drug-likeness (QED) is 0.266. The molecule has 0 aliphatic carbocycles. The highest BCUT2D eigenvalue weighted by Crippen LogP contribution is 1.89. The van der Waals surface area contributed by atoms with Crippen molar-refractivity contribution in [1.29, 1.82) is 0 Å². The molecule has 0 aliphatic heterocycles. The van der Waals surface area contributed by atoms with E-state index < -0.39 is 11.9 Å². The maximum atomic E-state index is 11.2. The molecule has 0 fully saturated rings. The fourth-order valence-electron chi connectivity index (χ4n) is 1.29. The monoisotopic (exact) mass is 317 g/mol. The summed E-state index contributed by atoms with van der Waals surface area (Å²) in [6.07, 6.45) is 1.54. The molecule has 0 aromatic rings. The third-order valence-electron chi connectivity index (χ3n) is 2.36. The van der Waals surface area contributed by atoms with Crippen LogP contribution in [-0.4, -0.2) is 62.5 Å². The van der Waals surface area contributed by atoms with Crippen LogP contribution in [0.1, 0.15) is 19.3 Å². The molecule has 0 aliphatic rings. The van der Waals surface area contributed by atoms with Gasteiger partial charge >= 0.3 is 11.9 Å². The summed E-state index contributed by atoms with van der Waals surface area (Å²) in [6, 6.07) is 0. The summed E-state index contributed by atoms with van der Waals surface area (Å²) < 4.78 is 15.1. The SMILES string of the molecule is C=CC(=O)OCCOCCOCCCNC(=O)CCC(=O)O. The summed E-state index contributed by atoms with van der Waals surface area (Å²) in [5.74, 6) is -1.75. The summed E-state index contributed by atoms with van der Waals surface area (Å²) >= 11 is 0. The first-order valence-electron chi connectivity index (χ1n) is 6.99. The number of carbonyl (C=O) groups is 3. The second-order valence-electron chi connectivity index (χ2n) is 4.19. The van der Waals surface area contributed by atoms with E-state index in [9.17, 15) is 14.4 Å². The van der Waals surface area contributed by atoms with Crippen LogP contribution in [0.15, 0.2) is 12.7 Å². The number of carboxylic acids is 1. The predicted molar refractivity (Wildman–Crippen MR) is 77.3 cm³/mol. The fourth-order valence-corrected chi connectivity index (χ4v) is 1.29. The van der Waals surface area contributed by atoms with Gasteiger partial charge in [0.2, 0.25) is 5.91 Å². The second kappa shape index (κ2) is 14.0. The first-order chi connectivity index (χ1) is 10.6. The van der Waals surface area contributed by atoms with Crippen molar-refractivity contribution in [2.24, 2.45) is 0 Å². The smallest absolute Gasteiger partial charge is 0.330 e. The summed E-state index contributed by atoms with van der Waals surface area (Å²) in [5.41, 5.74) is 0. The maximum absolute atomic E-state index is 11.2. The molecule has 0 rings (SSSR count). The fraction of sp³-hybridized carbons (Fsp3) is 0.643. The normalized spacial score (nSPS) is 10.0. The van der Waals surface area contributed by atoms with Crippen LogP contribution in [0.4, 0.5) is 0 Å². The van der Waals surface area contributed by atoms with Crippen molar-refractivity contribution in [3.8, 4) is 0 Å². The molecule has 0 radical (unpaired) electrons. The standard InChI is InChI=1S/C14H23NO7/c1-2-14(19)22-11-10-21-9-8-20-7-3-6-15-12(16)4-5-13(17)18/h2H,1,3-11H2,(H,15,16)(H,17,18). The minimum absolute atomic E-state index is 0.0134. The van der Waals surface area contributed by atoms with Gasteiger partial charge in [-0.3, -0.25) is 9.59 Å². The lowest BCUT2D eigenvalue weighted by Crippen LogP contribution is -2.25.